The summed E-state index contributed by atoms with van der Waals surface area (Å²) in [5.41, 5.74) is 2.24. The second-order valence-corrected chi connectivity index (χ2v) is 9.32. The van der Waals surface area contributed by atoms with Crippen LogP contribution in [-0.4, -0.2) is 45.7 Å². The molecule has 178 valence electrons. The highest BCUT2D eigenvalue weighted by Gasteiger charge is 2.45. The van der Waals surface area contributed by atoms with Gasteiger partial charge in [0.05, 0.1) is 11.4 Å². The first-order valence-electron chi connectivity index (χ1n) is 11.6. The molecule has 0 bridgehead atoms. The summed E-state index contributed by atoms with van der Waals surface area (Å²) in [6.07, 6.45) is 2.58. The Morgan fingerprint density at radius 3 is 2.71 bits per heavy atom. The maximum atomic E-state index is 15.7. The SMILES string of the molecule is Cc1ccc(NC2CCN(C3C(F)=Cc4c5n(cc(C(=O)O)c4=O)-c4ccccc4OC53)C2)cc1. The topological polar surface area (TPSA) is 83.8 Å². The third-order valence-electron chi connectivity index (χ3n) is 7.05. The standard InChI is InChI=1S/C27H24FN3O4/c1-15-6-8-16(9-7-15)29-17-10-11-30(13-17)24-20(28)12-18-23-26(24)35-22-5-3-2-4-21(22)31(23)14-19(25(18)32)27(33)34/h2-9,12,14,17,24,26,29H,10-11,13H2,1H3,(H,33,34). The van der Waals surface area contributed by atoms with Crippen LogP contribution in [0.15, 0.2) is 65.3 Å². The van der Waals surface area contributed by atoms with E-state index in [1.54, 1.807) is 16.7 Å². The van der Waals surface area contributed by atoms with E-state index in [-0.39, 0.29) is 11.6 Å². The molecule has 3 heterocycles. The first-order valence-corrected chi connectivity index (χ1v) is 11.6. The zero-order valence-electron chi connectivity index (χ0n) is 19.1. The van der Waals surface area contributed by atoms with Gasteiger partial charge >= 0.3 is 5.97 Å². The molecule has 6 rings (SSSR count). The number of hydrogen-bond acceptors (Lipinski definition) is 5. The summed E-state index contributed by atoms with van der Waals surface area (Å²) < 4.78 is 23.7. The molecule has 2 aliphatic heterocycles. The van der Waals surface area contributed by atoms with Crippen LogP contribution in [0.4, 0.5) is 10.1 Å². The van der Waals surface area contributed by atoms with Gasteiger partial charge < -0.3 is 19.7 Å². The lowest BCUT2D eigenvalue weighted by Gasteiger charge is -2.41. The van der Waals surface area contributed by atoms with Gasteiger partial charge in [0.1, 0.15) is 23.2 Å². The third-order valence-corrected chi connectivity index (χ3v) is 7.05. The summed E-state index contributed by atoms with van der Waals surface area (Å²) in [5, 5.41) is 13.1. The van der Waals surface area contributed by atoms with E-state index in [1.165, 1.54) is 17.8 Å². The predicted molar refractivity (Wildman–Crippen MR) is 130 cm³/mol. The molecule has 1 saturated heterocycles. The summed E-state index contributed by atoms with van der Waals surface area (Å²) in [7, 11) is 0. The predicted octanol–water partition coefficient (Wildman–Crippen LogP) is 4.16. The Morgan fingerprint density at radius 2 is 1.94 bits per heavy atom. The van der Waals surface area contributed by atoms with Crippen LogP contribution in [-0.2, 0) is 0 Å². The summed E-state index contributed by atoms with van der Waals surface area (Å²) in [6, 6.07) is 14.8. The first kappa shape index (κ1) is 21.6. The molecule has 0 amide bonds. The number of anilines is 1. The van der Waals surface area contributed by atoms with Gasteiger partial charge in [-0.05, 0) is 43.7 Å². The van der Waals surface area contributed by atoms with Crippen molar-refractivity contribution in [2.75, 3.05) is 18.4 Å². The molecule has 3 atom stereocenters. The number of benzene rings is 2. The summed E-state index contributed by atoms with van der Waals surface area (Å²) in [4.78, 5) is 26.8. The molecular weight excluding hydrogens is 449 g/mol. The Balaban J connectivity index is 1.38. The van der Waals surface area contributed by atoms with Crippen molar-refractivity contribution in [3.05, 3.63) is 93.2 Å². The van der Waals surface area contributed by atoms with E-state index >= 15 is 4.39 Å². The lowest BCUT2D eigenvalue weighted by atomic mass is 9.90. The maximum Gasteiger partial charge on any atom is 0.341 e. The molecular formula is C27H24FN3O4. The molecule has 35 heavy (non-hydrogen) atoms. The minimum absolute atomic E-state index is 0.0340. The van der Waals surface area contributed by atoms with Gasteiger partial charge in [-0.2, -0.15) is 0 Å². The number of aromatic nitrogens is 1. The van der Waals surface area contributed by atoms with E-state index in [9.17, 15) is 14.7 Å². The molecule has 2 N–H and O–H groups in total. The quantitative estimate of drug-likeness (QED) is 0.592. The Hall–Kier alpha value is -3.91. The van der Waals surface area contributed by atoms with E-state index in [2.05, 4.69) is 5.32 Å². The molecule has 1 aliphatic carbocycles. The number of carbonyl (C=O) groups is 1. The zero-order chi connectivity index (χ0) is 24.3. The third kappa shape index (κ3) is 3.52. The number of carboxylic acid groups (broad SMARTS) is 1. The van der Waals surface area contributed by atoms with Crippen molar-refractivity contribution in [3.8, 4) is 11.4 Å². The van der Waals surface area contributed by atoms with Crippen molar-refractivity contribution in [1.29, 1.82) is 0 Å². The highest BCUT2D eigenvalue weighted by Crippen LogP contribution is 2.45. The van der Waals surface area contributed by atoms with E-state index in [0.29, 0.717) is 30.2 Å². The molecule has 0 radical (unpaired) electrons. The normalized spacial score (nSPS) is 22.6. The number of ether oxygens (including phenoxy) is 1. The monoisotopic (exact) mass is 473 g/mol. The average molecular weight is 474 g/mol. The highest BCUT2D eigenvalue weighted by molar-refractivity contribution is 5.88. The first-order chi connectivity index (χ1) is 16.9. The van der Waals surface area contributed by atoms with Gasteiger partial charge in [0.25, 0.3) is 0 Å². The number of likely N-dealkylation sites (tertiary alicyclic amines) is 1. The number of nitrogens with zero attached hydrogens (tertiary/aromatic N) is 2. The number of hydrogen-bond donors (Lipinski definition) is 2. The molecule has 0 spiro atoms. The molecule has 3 aliphatic rings. The van der Waals surface area contributed by atoms with Gasteiger partial charge in [0.2, 0.25) is 5.43 Å². The Kier molecular flexibility index (Phi) is 5.00. The summed E-state index contributed by atoms with van der Waals surface area (Å²) >= 11 is 0. The van der Waals surface area contributed by atoms with E-state index < -0.39 is 34.9 Å². The number of aryl methyl sites for hydroxylation is 1. The second kappa shape index (κ2) is 8.09. The van der Waals surface area contributed by atoms with E-state index in [0.717, 1.165) is 12.1 Å². The van der Waals surface area contributed by atoms with Crippen molar-refractivity contribution >= 4 is 17.7 Å². The van der Waals surface area contributed by atoms with Crippen LogP contribution in [0.5, 0.6) is 5.75 Å². The van der Waals surface area contributed by atoms with E-state index in [4.69, 9.17) is 4.74 Å². The van der Waals surface area contributed by atoms with Crippen molar-refractivity contribution < 1.29 is 19.0 Å². The Bertz CT molecular complexity index is 1430. The molecule has 7 nitrogen and oxygen atoms in total. The molecule has 2 aromatic carbocycles. The fourth-order valence-corrected chi connectivity index (χ4v) is 5.37. The summed E-state index contributed by atoms with van der Waals surface area (Å²) in [5.74, 6) is -1.32. The lowest BCUT2D eigenvalue weighted by molar-refractivity contribution is 0.0684. The van der Waals surface area contributed by atoms with Crippen LogP contribution in [0.2, 0.25) is 0 Å². The minimum atomic E-state index is -1.34. The number of carboxylic acids is 1. The highest BCUT2D eigenvalue weighted by atomic mass is 19.1. The van der Waals surface area contributed by atoms with E-state index in [1.807, 2.05) is 48.2 Å². The number of para-hydroxylation sites is 2. The molecule has 1 fully saturated rings. The number of halogens is 1. The molecule has 3 aromatic rings. The van der Waals surface area contributed by atoms with Crippen LogP contribution < -0.4 is 15.5 Å². The van der Waals surface area contributed by atoms with Crippen LogP contribution in [0.1, 0.15) is 39.7 Å². The number of pyridine rings is 1. The number of aromatic carboxylic acids is 1. The Morgan fingerprint density at radius 1 is 1.17 bits per heavy atom. The lowest BCUT2D eigenvalue weighted by Crippen LogP contribution is -2.46. The van der Waals surface area contributed by atoms with Crippen LogP contribution >= 0.6 is 0 Å². The van der Waals surface area contributed by atoms with Gasteiger partial charge in [-0.15, -0.1) is 0 Å². The molecule has 3 unspecified atom stereocenters. The van der Waals surface area contributed by atoms with Crippen molar-refractivity contribution in [2.24, 2.45) is 0 Å². The fourth-order valence-electron chi connectivity index (χ4n) is 5.37. The summed E-state index contributed by atoms with van der Waals surface area (Å²) in [6.45, 7) is 3.30. The molecule has 0 saturated carbocycles. The van der Waals surface area contributed by atoms with Crippen molar-refractivity contribution in [3.63, 3.8) is 0 Å². The molecule has 1 aromatic heterocycles. The number of fused-ring (bicyclic) bond motifs is 2. The Labute approximate surface area is 201 Å². The van der Waals surface area contributed by atoms with Gasteiger partial charge in [0.15, 0.2) is 6.10 Å². The van der Waals surface area contributed by atoms with Crippen LogP contribution in [0, 0.1) is 6.92 Å². The van der Waals surface area contributed by atoms with Gasteiger partial charge in [-0.3, -0.25) is 9.69 Å². The molecule has 8 heteroatoms. The van der Waals surface area contributed by atoms with Gasteiger partial charge in [0, 0.05) is 36.6 Å². The van der Waals surface area contributed by atoms with Crippen LogP contribution in [0.25, 0.3) is 11.8 Å². The smallest absolute Gasteiger partial charge is 0.341 e. The van der Waals surface area contributed by atoms with Gasteiger partial charge in [-0.1, -0.05) is 29.8 Å². The zero-order valence-corrected chi connectivity index (χ0v) is 19.1. The van der Waals surface area contributed by atoms with Gasteiger partial charge in [-0.25, -0.2) is 9.18 Å². The fraction of sp³-hybridized carbons (Fsp3) is 0.259. The number of rotatable bonds is 4. The minimum Gasteiger partial charge on any atom is -0.480 e. The van der Waals surface area contributed by atoms with Crippen molar-refractivity contribution in [1.82, 2.24) is 9.47 Å². The van der Waals surface area contributed by atoms with Crippen LogP contribution in [0.3, 0.4) is 0 Å². The largest absolute Gasteiger partial charge is 0.480 e. The van der Waals surface area contributed by atoms with Crippen molar-refractivity contribution in [2.45, 2.75) is 31.5 Å². The average Bonchev–Trinajstić information content (AvgIpc) is 3.29. The second-order valence-electron chi connectivity index (χ2n) is 9.32. The maximum absolute atomic E-state index is 15.7. The number of nitrogens with one attached hydrogen (secondary N) is 1.